The number of nitrogens with zero attached hydrogens (tertiary/aromatic N) is 1. The molecule has 0 saturated heterocycles. The lowest BCUT2D eigenvalue weighted by Gasteiger charge is -2.08. The van der Waals surface area contributed by atoms with Gasteiger partial charge in [0.2, 0.25) is 0 Å². The van der Waals surface area contributed by atoms with Gasteiger partial charge in [0.15, 0.2) is 6.29 Å². The molecular weight excluding hydrogens is 244 g/mol. The van der Waals surface area contributed by atoms with Gasteiger partial charge in [-0.3, -0.25) is 4.79 Å². The number of carbonyl (C=O) groups is 1. The second-order valence-corrected chi connectivity index (χ2v) is 5.57. The monoisotopic (exact) mass is 262 g/mol. The number of nitrogens with one attached hydrogen (secondary N) is 1. The molecule has 0 aromatic carbocycles. The summed E-state index contributed by atoms with van der Waals surface area (Å²) in [7, 11) is 4.13. The van der Waals surface area contributed by atoms with Gasteiger partial charge in [-0.15, -0.1) is 11.3 Å². The predicted molar refractivity (Wildman–Crippen MR) is 76.4 cm³/mol. The molecule has 18 heavy (non-hydrogen) atoms. The minimum atomic E-state index is 0.720. The first-order valence-electron chi connectivity index (χ1n) is 6.06. The Bertz CT molecular complexity index is 500. The van der Waals surface area contributed by atoms with Crippen LogP contribution in [0.2, 0.25) is 0 Å². The average molecular weight is 262 g/mol. The lowest BCUT2D eigenvalue weighted by molar-refractivity contribution is 0.111. The van der Waals surface area contributed by atoms with E-state index in [-0.39, 0.29) is 0 Å². The van der Waals surface area contributed by atoms with Crippen LogP contribution in [-0.4, -0.2) is 36.8 Å². The molecule has 4 heteroatoms. The highest BCUT2D eigenvalue weighted by Gasteiger charge is 2.09. The van der Waals surface area contributed by atoms with E-state index in [9.17, 15) is 4.79 Å². The number of aryl methyl sites for hydroxylation is 1. The zero-order valence-corrected chi connectivity index (χ0v) is 11.6. The van der Waals surface area contributed by atoms with Crippen LogP contribution in [0.15, 0.2) is 23.6 Å². The Kier molecular flexibility index (Phi) is 4.33. The number of rotatable bonds is 6. The first-order chi connectivity index (χ1) is 8.70. The van der Waals surface area contributed by atoms with E-state index < -0.39 is 0 Å². The SMILES string of the molecule is CN(C)CCCc1cc(-c2cccs2)[nH]c1C=O. The molecule has 2 rings (SSSR count). The first kappa shape index (κ1) is 13.1. The van der Waals surface area contributed by atoms with Gasteiger partial charge in [-0.05, 0) is 56.6 Å². The Morgan fingerprint density at radius 1 is 1.44 bits per heavy atom. The third-order valence-electron chi connectivity index (χ3n) is 2.89. The van der Waals surface area contributed by atoms with Crippen molar-refractivity contribution in [2.75, 3.05) is 20.6 Å². The van der Waals surface area contributed by atoms with Crippen LogP contribution in [-0.2, 0) is 6.42 Å². The van der Waals surface area contributed by atoms with Crippen LogP contribution in [0.1, 0.15) is 22.5 Å². The Hall–Kier alpha value is -1.39. The number of thiophene rings is 1. The summed E-state index contributed by atoms with van der Waals surface area (Å²) in [6.07, 6.45) is 2.92. The van der Waals surface area contributed by atoms with Crippen molar-refractivity contribution >= 4 is 17.6 Å². The Balaban J connectivity index is 2.12. The van der Waals surface area contributed by atoms with Crippen molar-refractivity contribution in [2.45, 2.75) is 12.8 Å². The second-order valence-electron chi connectivity index (χ2n) is 4.62. The third kappa shape index (κ3) is 3.09. The maximum atomic E-state index is 11.1. The van der Waals surface area contributed by atoms with Gasteiger partial charge in [0.25, 0.3) is 0 Å². The smallest absolute Gasteiger partial charge is 0.166 e. The summed E-state index contributed by atoms with van der Waals surface area (Å²) >= 11 is 1.68. The fourth-order valence-corrected chi connectivity index (χ4v) is 2.67. The minimum absolute atomic E-state index is 0.720. The standard InChI is InChI=1S/C14H18N2OS/c1-16(2)7-3-5-11-9-12(15-13(11)10-17)14-6-4-8-18-14/h4,6,8-10,15H,3,5,7H2,1-2H3. The molecule has 0 fully saturated rings. The van der Waals surface area contributed by atoms with Crippen LogP contribution < -0.4 is 0 Å². The highest BCUT2D eigenvalue weighted by Crippen LogP contribution is 2.26. The largest absolute Gasteiger partial charge is 0.351 e. The molecule has 0 unspecified atom stereocenters. The topological polar surface area (TPSA) is 36.1 Å². The van der Waals surface area contributed by atoms with Crippen molar-refractivity contribution in [1.29, 1.82) is 0 Å². The van der Waals surface area contributed by atoms with Crippen molar-refractivity contribution < 1.29 is 4.79 Å². The molecule has 0 saturated carbocycles. The number of H-pyrrole nitrogens is 1. The normalized spacial score (nSPS) is 11.1. The van der Waals surface area contributed by atoms with Crippen LogP contribution in [0, 0.1) is 0 Å². The highest BCUT2D eigenvalue weighted by atomic mass is 32.1. The van der Waals surface area contributed by atoms with Crippen LogP contribution >= 0.6 is 11.3 Å². The molecule has 0 atom stereocenters. The Morgan fingerprint density at radius 2 is 2.28 bits per heavy atom. The van der Waals surface area contributed by atoms with Gasteiger partial charge in [0, 0.05) is 0 Å². The average Bonchev–Trinajstić information content (AvgIpc) is 2.96. The van der Waals surface area contributed by atoms with Crippen LogP contribution in [0.4, 0.5) is 0 Å². The molecule has 3 nitrogen and oxygen atoms in total. The maximum Gasteiger partial charge on any atom is 0.166 e. The zero-order chi connectivity index (χ0) is 13.0. The van der Waals surface area contributed by atoms with Gasteiger partial charge in [-0.1, -0.05) is 6.07 Å². The molecule has 0 bridgehead atoms. The van der Waals surface area contributed by atoms with Crippen molar-refractivity contribution in [2.24, 2.45) is 0 Å². The Morgan fingerprint density at radius 3 is 2.89 bits per heavy atom. The maximum absolute atomic E-state index is 11.1. The second kappa shape index (κ2) is 5.98. The van der Waals surface area contributed by atoms with Crippen molar-refractivity contribution in [3.05, 3.63) is 34.8 Å². The van der Waals surface area contributed by atoms with Gasteiger partial charge >= 0.3 is 0 Å². The summed E-state index contributed by atoms with van der Waals surface area (Å²) in [4.78, 5) is 17.6. The number of carbonyl (C=O) groups excluding carboxylic acids is 1. The molecule has 0 aliphatic rings. The number of aromatic nitrogens is 1. The van der Waals surface area contributed by atoms with Crippen LogP contribution in [0.25, 0.3) is 10.6 Å². The summed E-state index contributed by atoms with van der Waals surface area (Å²) < 4.78 is 0. The zero-order valence-electron chi connectivity index (χ0n) is 10.8. The van der Waals surface area contributed by atoms with E-state index in [0.29, 0.717) is 0 Å². The van der Waals surface area contributed by atoms with Gasteiger partial charge < -0.3 is 9.88 Å². The highest BCUT2D eigenvalue weighted by molar-refractivity contribution is 7.13. The molecule has 0 aliphatic carbocycles. The Labute approximate surface area is 111 Å². The number of aromatic amines is 1. The van der Waals surface area contributed by atoms with E-state index in [1.807, 2.05) is 11.4 Å². The summed E-state index contributed by atoms with van der Waals surface area (Å²) in [5, 5.41) is 2.04. The molecule has 1 N–H and O–H groups in total. The summed E-state index contributed by atoms with van der Waals surface area (Å²) in [6, 6.07) is 6.19. The molecular formula is C14H18N2OS. The minimum Gasteiger partial charge on any atom is -0.351 e. The van der Waals surface area contributed by atoms with E-state index in [0.717, 1.165) is 42.6 Å². The molecule has 2 aromatic rings. The summed E-state index contributed by atoms with van der Waals surface area (Å²) in [5.74, 6) is 0. The van der Waals surface area contributed by atoms with Crippen molar-refractivity contribution in [3.63, 3.8) is 0 Å². The van der Waals surface area contributed by atoms with Gasteiger partial charge in [-0.2, -0.15) is 0 Å². The molecule has 2 aromatic heterocycles. The number of aldehydes is 1. The molecule has 0 aliphatic heterocycles. The van der Waals surface area contributed by atoms with E-state index in [1.165, 1.54) is 4.88 Å². The van der Waals surface area contributed by atoms with E-state index in [4.69, 9.17) is 0 Å². The van der Waals surface area contributed by atoms with E-state index in [1.54, 1.807) is 11.3 Å². The predicted octanol–water partition coefficient (Wildman–Crippen LogP) is 3.05. The van der Waals surface area contributed by atoms with Crippen molar-refractivity contribution in [1.82, 2.24) is 9.88 Å². The molecule has 0 amide bonds. The van der Waals surface area contributed by atoms with Gasteiger partial charge in [-0.25, -0.2) is 0 Å². The fraction of sp³-hybridized carbons (Fsp3) is 0.357. The van der Waals surface area contributed by atoms with E-state index in [2.05, 4.69) is 36.1 Å². The number of hydrogen-bond acceptors (Lipinski definition) is 3. The lowest BCUT2D eigenvalue weighted by atomic mass is 10.1. The van der Waals surface area contributed by atoms with Crippen LogP contribution in [0.3, 0.4) is 0 Å². The molecule has 0 radical (unpaired) electrons. The molecule has 2 heterocycles. The fourth-order valence-electron chi connectivity index (χ4n) is 1.98. The lowest BCUT2D eigenvalue weighted by Crippen LogP contribution is -2.13. The summed E-state index contributed by atoms with van der Waals surface area (Å²) in [5.41, 5.74) is 2.89. The molecule has 0 spiro atoms. The van der Waals surface area contributed by atoms with E-state index >= 15 is 0 Å². The molecule has 96 valence electrons. The van der Waals surface area contributed by atoms with Crippen molar-refractivity contribution in [3.8, 4) is 10.6 Å². The van der Waals surface area contributed by atoms with Crippen LogP contribution in [0.5, 0.6) is 0 Å². The summed E-state index contributed by atoms with van der Waals surface area (Å²) in [6.45, 7) is 1.04. The van der Waals surface area contributed by atoms with Gasteiger partial charge in [0.1, 0.15) is 0 Å². The third-order valence-corrected chi connectivity index (χ3v) is 3.79. The first-order valence-corrected chi connectivity index (χ1v) is 6.94. The quantitative estimate of drug-likeness (QED) is 0.812. The number of hydrogen-bond donors (Lipinski definition) is 1. The van der Waals surface area contributed by atoms with Gasteiger partial charge in [0.05, 0.1) is 16.3 Å².